The molecule has 2 aliphatic rings. The fourth-order valence-corrected chi connectivity index (χ4v) is 3.66. The Bertz CT molecular complexity index is 437. The van der Waals surface area contributed by atoms with Crippen LogP contribution in [0, 0.1) is 12.3 Å². The average molecular weight is 246 g/mol. The number of rotatable bonds is 2. The number of nitrogens with one attached hydrogen (secondary N) is 1. The van der Waals surface area contributed by atoms with Gasteiger partial charge in [-0.2, -0.15) is 0 Å². The van der Waals surface area contributed by atoms with E-state index in [1.807, 2.05) is 7.05 Å². The van der Waals surface area contributed by atoms with Crippen LogP contribution in [0.3, 0.4) is 0 Å². The minimum Gasteiger partial charge on any atom is -0.373 e. The Morgan fingerprint density at radius 2 is 2.00 bits per heavy atom. The third kappa shape index (κ3) is 1.84. The first-order valence-electron chi connectivity index (χ1n) is 6.98. The first-order chi connectivity index (χ1) is 8.74. The molecule has 1 aliphatic carbocycles. The molecule has 2 heterocycles. The van der Waals surface area contributed by atoms with Crippen molar-refractivity contribution in [2.24, 2.45) is 5.41 Å². The first kappa shape index (κ1) is 11.8. The van der Waals surface area contributed by atoms with Crippen molar-refractivity contribution >= 4 is 11.6 Å². The molecular weight excluding hydrogens is 224 g/mol. The summed E-state index contributed by atoms with van der Waals surface area (Å²) in [7, 11) is 1.92. The van der Waals surface area contributed by atoms with E-state index in [1.165, 1.54) is 44.2 Å². The lowest BCUT2D eigenvalue weighted by molar-refractivity contribution is 0.340. The van der Waals surface area contributed by atoms with Gasteiger partial charge in [0.25, 0.3) is 0 Å². The summed E-state index contributed by atoms with van der Waals surface area (Å²) in [5.41, 5.74) is 1.77. The minimum absolute atomic E-state index is 0.594. The molecular formula is C14H22N4. The van der Waals surface area contributed by atoms with E-state index in [9.17, 15) is 0 Å². The van der Waals surface area contributed by atoms with Gasteiger partial charge >= 0.3 is 0 Å². The molecule has 18 heavy (non-hydrogen) atoms. The van der Waals surface area contributed by atoms with Crippen molar-refractivity contribution < 1.29 is 0 Å². The molecule has 3 rings (SSSR count). The Kier molecular flexibility index (Phi) is 2.88. The number of hydrogen-bond acceptors (Lipinski definition) is 4. The third-order valence-corrected chi connectivity index (χ3v) is 4.70. The molecule has 0 amide bonds. The van der Waals surface area contributed by atoms with Crippen molar-refractivity contribution in [2.45, 2.75) is 39.0 Å². The Balaban J connectivity index is 1.84. The van der Waals surface area contributed by atoms with E-state index in [2.05, 4.69) is 27.1 Å². The van der Waals surface area contributed by atoms with Gasteiger partial charge in [0.05, 0.1) is 0 Å². The standard InChI is InChI=1S/C14H22N4/c1-11-12(15-2)16-10-17-13(11)18-8-7-14(9-18)5-3-4-6-14/h10H,3-9H2,1-2H3,(H,15,16,17). The smallest absolute Gasteiger partial charge is 0.137 e. The van der Waals surface area contributed by atoms with E-state index < -0.39 is 0 Å². The van der Waals surface area contributed by atoms with Gasteiger partial charge in [-0.25, -0.2) is 9.97 Å². The van der Waals surface area contributed by atoms with Crippen molar-refractivity contribution in [3.05, 3.63) is 11.9 Å². The van der Waals surface area contributed by atoms with Crippen LogP contribution in [0.15, 0.2) is 6.33 Å². The second-order valence-corrected chi connectivity index (χ2v) is 5.80. The maximum absolute atomic E-state index is 4.50. The highest BCUT2D eigenvalue weighted by Crippen LogP contribution is 2.46. The van der Waals surface area contributed by atoms with Gasteiger partial charge in [-0.1, -0.05) is 12.8 Å². The zero-order chi connectivity index (χ0) is 12.6. The van der Waals surface area contributed by atoms with E-state index in [0.717, 1.165) is 18.2 Å². The Hall–Kier alpha value is -1.32. The molecule has 1 saturated heterocycles. The van der Waals surface area contributed by atoms with E-state index in [-0.39, 0.29) is 0 Å². The fraction of sp³-hybridized carbons (Fsp3) is 0.714. The van der Waals surface area contributed by atoms with E-state index in [1.54, 1.807) is 6.33 Å². The van der Waals surface area contributed by atoms with Gasteiger partial charge in [-0.15, -0.1) is 0 Å². The molecule has 0 atom stereocenters. The predicted octanol–water partition coefficient (Wildman–Crippen LogP) is 2.60. The van der Waals surface area contributed by atoms with Crippen LogP contribution in [0.5, 0.6) is 0 Å². The van der Waals surface area contributed by atoms with Gasteiger partial charge in [0, 0.05) is 25.7 Å². The highest BCUT2D eigenvalue weighted by atomic mass is 15.2. The predicted molar refractivity (Wildman–Crippen MR) is 74.0 cm³/mol. The van der Waals surface area contributed by atoms with Gasteiger partial charge < -0.3 is 10.2 Å². The molecule has 1 aromatic rings. The van der Waals surface area contributed by atoms with Crippen LogP contribution < -0.4 is 10.2 Å². The highest BCUT2D eigenvalue weighted by Gasteiger charge is 2.40. The summed E-state index contributed by atoms with van der Waals surface area (Å²) < 4.78 is 0. The first-order valence-corrected chi connectivity index (χ1v) is 6.98. The van der Waals surface area contributed by atoms with Crippen LogP contribution in [0.1, 0.15) is 37.7 Å². The van der Waals surface area contributed by atoms with Gasteiger partial charge in [-0.05, 0) is 31.6 Å². The lowest BCUT2D eigenvalue weighted by Crippen LogP contribution is -2.26. The molecule has 1 aliphatic heterocycles. The second-order valence-electron chi connectivity index (χ2n) is 5.80. The quantitative estimate of drug-likeness (QED) is 0.871. The van der Waals surface area contributed by atoms with E-state index in [0.29, 0.717) is 5.41 Å². The fourth-order valence-electron chi connectivity index (χ4n) is 3.66. The molecule has 1 N–H and O–H groups in total. The maximum Gasteiger partial charge on any atom is 0.137 e. The van der Waals surface area contributed by atoms with Gasteiger partial charge in [0.2, 0.25) is 0 Å². The summed E-state index contributed by atoms with van der Waals surface area (Å²) in [5.74, 6) is 2.07. The molecule has 98 valence electrons. The number of anilines is 2. The van der Waals surface area contributed by atoms with Crippen LogP contribution in [0.2, 0.25) is 0 Å². The molecule has 0 radical (unpaired) electrons. The summed E-state index contributed by atoms with van der Waals surface area (Å²) >= 11 is 0. The van der Waals surface area contributed by atoms with Crippen molar-refractivity contribution in [3.8, 4) is 0 Å². The molecule has 4 heteroatoms. The monoisotopic (exact) mass is 246 g/mol. The van der Waals surface area contributed by atoms with Crippen LogP contribution in [-0.2, 0) is 0 Å². The molecule has 0 unspecified atom stereocenters. The largest absolute Gasteiger partial charge is 0.373 e. The summed E-state index contributed by atoms with van der Waals surface area (Å²) in [6, 6.07) is 0. The van der Waals surface area contributed by atoms with E-state index in [4.69, 9.17) is 0 Å². The Labute approximate surface area is 109 Å². The highest BCUT2D eigenvalue weighted by molar-refractivity contribution is 5.58. The molecule has 1 aromatic heterocycles. The van der Waals surface area contributed by atoms with Crippen molar-refractivity contribution in [1.82, 2.24) is 9.97 Å². The SMILES string of the molecule is CNc1ncnc(N2CCC3(CCCC3)C2)c1C. The van der Waals surface area contributed by atoms with Crippen molar-refractivity contribution in [2.75, 3.05) is 30.4 Å². The Morgan fingerprint density at radius 3 is 2.72 bits per heavy atom. The molecule has 0 aromatic carbocycles. The van der Waals surface area contributed by atoms with Gasteiger partial charge in [0.1, 0.15) is 18.0 Å². The Morgan fingerprint density at radius 1 is 1.22 bits per heavy atom. The second kappa shape index (κ2) is 4.41. The zero-order valence-corrected chi connectivity index (χ0v) is 11.4. The number of aromatic nitrogens is 2. The number of nitrogens with zero attached hydrogens (tertiary/aromatic N) is 3. The summed E-state index contributed by atoms with van der Waals surface area (Å²) in [5, 5.41) is 3.14. The normalized spacial score (nSPS) is 21.8. The lowest BCUT2D eigenvalue weighted by Gasteiger charge is -2.25. The van der Waals surface area contributed by atoms with Gasteiger partial charge in [-0.3, -0.25) is 0 Å². The summed E-state index contributed by atoms with van der Waals surface area (Å²) in [6.45, 7) is 4.45. The number of hydrogen-bond donors (Lipinski definition) is 1. The lowest BCUT2D eigenvalue weighted by atomic mass is 9.86. The summed E-state index contributed by atoms with van der Waals surface area (Å²) in [4.78, 5) is 11.2. The molecule has 4 nitrogen and oxygen atoms in total. The van der Waals surface area contributed by atoms with Crippen molar-refractivity contribution in [1.29, 1.82) is 0 Å². The van der Waals surface area contributed by atoms with Gasteiger partial charge in [0.15, 0.2) is 0 Å². The molecule has 1 saturated carbocycles. The molecule has 2 fully saturated rings. The van der Waals surface area contributed by atoms with Crippen LogP contribution in [0.25, 0.3) is 0 Å². The molecule has 0 bridgehead atoms. The molecule has 1 spiro atoms. The van der Waals surface area contributed by atoms with Crippen molar-refractivity contribution in [3.63, 3.8) is 0 Å². The average Bonchev–Trinajstić information content (AvgIpc) is 3.01. The van der Waals surface area contributed by atoms with Crippen LogP contribution in [-0.4, -0.2) is 30.1 Å². The maximum atomic E-state index is 4.50. The topological polar surface area (TPSA) is 41.1 Å². The third-order valence-electron chi connectivity index (χ3n) is 4.70. The van der Waals surface area contributed by atoms with Crippen LogP contribution in [0.4, 0.5) is 11.6 Å². The van der Waals surface area contributed by atoms with E-state index >= 15 is 0 Å². The zero-order valence-electron chi connectivity index (χ0n) is 11.4. The van der Waals surface area contributed by atoms with Crippen LogP contribution >= 0.6 is 0 Å². The minimum atomic E-state index is 0.594. The summed E-state index contributed by atoms with van der Waals surface area (Å²) in [6.07, 6.45) is 8.66.